The summed E-state index contributed by atoms with van der Waals surface area (Å²) in [6.07, 6.45) is 19.9. The number of halogens is 1. The van der Waals surface area contributed by atoms with E-state index in [1.165, 1.54) is 51.0 Å². The van der Waals surface area contributed by atoms with E-state index in [0.717, 1.165) is 78.0 Å². The smallest absolute Gasteiger partial charge is 0.410 e. The second kappa shape index (κ2) is 28.9. The lowest BCUT2D eigenvalue weighted by atomic mass is 9.55. The lowest BCUT2D eigenvalue weighted by molar-refractivity contribution is -0.256. The number of ether oxygens (including phenoxy) is 4. The summed E-state index contributed by atoms with van der Waals surface area (Å²) in [6, 6.07) is 36.0. The zero-order valence-electron chi connectivity index (χ0n) is 44.8. The molecule has 6 unspecified atom stereocenters. The fourth-order valence-corrected chi connectivity index (χ4v) is 12.0. The topological polar surface area (TPSA) is 119 Å². The standard InChI is InChI=1S/C65H81FN2O8/c1-3-5-6-7-8-9-10-11-12-24-41-72-64(71)68(45-51-32-25-31-49-28-16-18-33-54(49)51)61-44-59(67-75-46-48-26-14-13-15-27-48)56-42-50(29-20-22-38-69)55(34-21-23-39-70)62-57-43-53(73-47-52-30-17-19-35-58(52)66)36-37-60(57)76-65(61,63(56)62)74-40-4-2/h4,13-19,25-28,30-33,35-37,42-43,50,55,61-63,69-70H,2-3,5-12,20-24,29,34,38-41,44-47H2,1H3. The van der Waals surface area contributed by atoms with Crippen molar-refractivity contribution in [3.8, 4) is 11.5 Å². The van der Waals surface area contributed by atoms with Crippen LogP contribution in [0.3, 0.4) is 0 Å². The lowest BCUT2D eigenvalue weighted by Gasteiger charge is -2.60. The van der Waals surface area contributed by atoms with E-state index in [1.807, 2.05) is 71.6 Å². The van der Waals surface area contributed by atoms with Gasteiger partial charge in [0.15, 0.2) is 0 Å². The van der Waals surface area contributed by atoms with Crippen LogP contribution < -0.4 is 9.47 Å². The number of carbonyl (C=O) groups excluding carboxylic acids is 1. The van der Waals surface area contributed by atoms with E-state index in [1.54, 1.807) is 24.3 Å². The van der Waals surface area contributed by atoms with Crippen LogP contribution in [0.25, 0.3) is 10.8 Å². The maximum Gasteiger partial charge on any atom is 0.410 e. The van der Waals surface area contributed by atoms with Gasteiger partial charge in [-0.1, -0.05) is 186 Å². The molecule has 3 aliphatic rings. The first-order chi connectivity index (χ1) is 37.4. The Morgan fingerprint density at radius 3 is 2.25 bits per heavy atom. The Morgan fingerprint density at radius 1 is 0.789 bits per heavy atom. The molecule has 0 saturated heterocycles. The van der Waals surface area contributed by atoms with Gasteiger partial charge in [0.25, 0.3) is 0 Å². The number of oxime groups is 1. The molecule has 1 aliphatic heterocycles. The number of aliphatic hydroxyl groups is 2. The van der Waals surface area contributed by atoms with Gasteiger partial charge in [-0.2, -0.15) is 0 Å². The SMILES string of the molecule is C=CCOC12Oc3ccc(OCc4ccccc4F)cc3C3C(CCCCO)C(CCCCO)C=C(C(=NOCc4ccccc4)CC1N(Cc1cccc4ccccc14)C(=O)OCCCCCCCCCCCC)C32. The van der Waals surface area contributed by atoms with Crippen molar-refractivity contribution < 1.29 is 43.2 Å². The molecule has 11 heteroatoms. The molecule has 6 atom stereocenters. The third-order valence-electron chi connectivity index (χ3n) is 15.8. The quantitative estimate of drug-likeness (QED) is 0.0256. The Bertz CT molecular complexity index is 2670. The summed E-state index contributed by atoms with van der Waals surface area (Å²) < 4.78 is 42.7. The molecule has 1 saturated carbocycles. The van der Waals surface area contributed by atoms with Gasteiger partial charge in [-0.05, 0) is 95.7 Å². The largest absolute Gasteiger partial charge is 0.489 e. The number of amides is 1. The fraction of sp³-hybridized carbons (Fsp3) is 0.477. The first kappa shape index (κ1) is 56.2. The molecule has 0 bridgehead atoms. The number of aliphatic hydroxyl groups excluding tert-OH is 2. The van der Waals surface area contributed by atoms with Crippen LogP contribution in [0.1, 0.15) is 144 Å². The molecule has 1 heterocycles. The van der Waals surface area contributed by atoms with Crippen LogP contribution in [0, 0.1) is 23.6 Å². The highest BCUT2D eigenvalue weighted by atomic mass is 19.1. The highest BCUT2D eigenvalue weighted by molar-refractivity contribution is 6.03. The minimum Gasteiger partial charge on any atom is -0.489 e. The van der Waals surface area contributed by atoms with Crippen molar-refractivity contribution in [1.29, 1.82) is 0 Å². The average Bonchev–Trinajstić information content (AvgIpc) is 3.55. The van der Waals surface area contributed by atoms with Gasteiger partial charge in [0.1, 0.15) is 36.6 Å². The van der Waals surface area contributed by atoms with Crippen molar-refractivity contribution in [2.75, 3.05) is 26.4 Å². The van der Waals surface area contributed by atoms with E-state index in [0.29, 0.717) is 35.6 Å². The van der Waals surface area contributed by atoms with Crippen LogP contribution in [0.15, 0.2) is 145 Å². The van der Waals surface area contributed by atoms with Crippen LogP contribution in [0.2, 0.25) is 0 Å². The summed E-state index contributed by atoms with van der Waals surface area (Å²) in [6.45, 7) is 7.39. The van der Waals surface area contributed by atoms with Gasteiger partial charge in [-0.25, -0.2) is 9.18 Å². The monoisotopic (exact) mass is 1040 g/mol. The van der Waals surface area contributed by atoms with Crippen molar-refractivity contribution in [1.82, 2.24) is 4.90 Å². The summed E-state index contributed by atoms with van der Waals surface area (Å²) in [7, 11) is 0. The summed E-state index contributed by atoms with van der Waals surface area (Å²) in [5.74, 6) is -1.48. The molecule has 1 fully saturated rings. The van der Waals surface area contributed by atoms with E-state index in [2.05, 4.69) is 43.8 Å². The molecule has 8 rings (SSSR count). The van der Waals surface area contributed by atoms with E-state index >= 15 is 4.79 Å². The number of unbranched alkanes of at least 4 members (excludes halogenated alkanes) is 11. The third-order valence-corrected chi connectivity index (χ3v) is 15.8. The number of rotatable bonds is 31. The minimum absolute atomic E-state index is 0.00443. The molecule has 406 valence electrons. The van der Waals surface area contributed by atoms with E-state index in [4.69, 9.17) is 28.9 Å². The van der Waals surface area contributed by atoms with Gasteiger partial charge in [-0.3, -0.25) is 4.90 Å². The van der Waals surface area contributed by atoms with E-state index in [-0.39, 0.29) is 76.2 Å². The first-order valence-electron chi connectivity index (χ1n) is 28.4. The highest BCUT2D eigenvalue weighted by Gasteiger charge is 2.66. The number of benzene rings is 5. The van der Waals surface area contributed by atoms with Crippen molar-refractivity contribution >= 4 is 22.6 Å². The molecule has 76 heavy (non-hydrogen) atoms. The second-order valence-electron chi connectivity index (χ2n) is 21.0. The lowest BCUT2D eigenvalue weighted by Crippen LogP contribution is -2.70. The summed E-state index contributed by atoms with van der Waals surface area (Å²) in [4.78, 5) is 23.6. The van der Waals surface area contributed by atoms with Gasteiger partial charge in [-0.15, -0.1) is 6.58 Å². The van der Waals surface area contributed by atoms with Gasteiger partial charge in [0, 0.05) is 36.7 Å². The van der Waals surface area contributed by atoms with Crippen molar-refractivity contribution in [2.45, 2.75) is 154 Å². The molecule has 2 aliphatic carbocycles. The number of carbonyl (C=O) groups is 1. The molecular weight excluding hydrogens is 956 g/mol. The highest BCUT2D eigenvalue weighted by Crippen LogP contribution is 2.62. The molecule has 1 amide bonds. The van der Waals surface area contributed by atoms with Gasteiger partial charge < -0.3 is 34.0 Å². The number of nitrogens with zero attached hydrogens (tertiary/aromatic N) is 2. The van der Waals surface area contributed by atoms with Crippen molar-refractivity contribution in [3.63, 3.8) is 0 Å². The Labute approximate surface area is 450 Å². The maximum absolute atomic E-state index is 15.4. The van der Waals surface area contributed by atoms with Crippen LogP contribution >= 0.6 is 0 Å². The van der Waals surface area contributed by atoms with Crippen molar-refractivity contribution in [2.24, 2.45) is 22.9 Å². The number of fused-ring (bicyclic) bond motifs is 3. The minimum atomic E-state index is -1.50. The predicted octanol–water partition coefficient (Wildman–Crippen LogP) is 15.0. The first-order valence-corrected chi connectivity index (χ1v) is 28.4. The molecule has 0 radical (unpaired) electrons. The molecule has 0 spiro atoms. The summed E-state index contributed by atoms with van der Waals surface area (Å²) in [5.41, 5.74) is 4.90. The number of allylic oxidation sites excluding steroid dienone is 1. The van der Waals surface area contributed by atoms with Crippen LogP contribution in [-0.2, 0) is 34.1 Å². The van der Waals surface area contributed by atoms with Crippen molar-refractivity contribution in [3.05, 3.63) is 168 Å². The summed E-state index contributed by atoms with van der Waals surface area (Å²) in [5, 5.41) is 27.4. The maximum atomic E-state index is 15.4. The average molecular weight is 1040 g/mol. The molecule has 2 N–H and O–H groups in total. The predicted molar refractivity (Wildman–Crippen MR) is 300 cm³/mol. The summed E-state index contributed by atoms with van der Waals surface area (Å²) >= 11 is 0. The van der Waals surface area contributed by atoms with Crippen LogP contribution in [0.4, 0.5) is 9.18 Å². The second-order valence-corrected chi connectivity index (χ2v) is 21.0. The number of hydrogen-bond donors (Lipinski definition) is 2. The Balaban J connectivity index is 1.25. The Morgan fingerprint density at radius 2 is 1.49 bits per heavy atom. The molecule has 5 aromatic carbocycles. The molecule has 0 aromatic heterocycles. The molecule has 10 nitrogen and oxygen atoms in total. The van der Waals surface area contributed by atoms with Gasteiger partial charge in [0.05, 0.1) is 31.4 Å². The van der Waals surface area contributed by atoms with E-state index in [9.17, 15) is 14.6 Å². The van der Waals surface area contributed by atoms with Gasteiger partial charge >= 0.3 is 6.09 Å². The Kier molecular flexibility index (Phi) is 21.4. The molecule has 5 aromatic rings. The fourth-order valence-electron chi connectivity index (χ4n) is 12.0. The third kappa shape index (κ3) is 14.1. The van der Waals surface area contributed by atoms with E-state index < -0.39 is 23.8 Å². The normalized spacial score (nSPS) is 21.0. The number of hydrogen-bond acceptors (Lipinski definition) is 9. The molecular formula is C65H81FN2O8. The van der Waals surface area contributed by atoms with Crippen LogP contribution in [-0.4, -0.2) is 65.2 Å². The van der Waals surface area contributed by atoms with Crippen LogP contribution in [0.5, 0.6) is 11.5 Å². The van der Waals surface area contributed by atoms with Gasteiger partial charge in [0.2, 0.25) is 5.79 Å². The zero-order chi connectivity index (χ0) is 53.0. The zero-order valence-corrected chi connectivity index (χ0v) is 44.8. The Hall–Kier alpha value is -6.01.